The Kier molecular flexibility index (Phi) is 6.09. The molecule has 1 aromatic heterocycles. The van der Waals surface area contributed by atoms with Crippen LogP contribution in [-0.2, 0) is 17.9 Å². The molecular formula is C28H30FN5O3. The molecule has 0 spiro atoms. The molecule has 2 N–H and O–H groups in total. The average Bonchev–Trinajstić information content (AvgIpc) is 3.58. The van der Waals surface area contributed by atoms with Crippen LogP contribution in [0.1, 0.15) is 63.0 Å². The molecule has 3 amide bonds. The molecule has 3 aromatic rings. The molecule has 1 atom stereocenters. The Morgan fingerprint density at radius 1 is 1.11 bits per heavy atom. The predicted molar refractivity (Wildman–Crippen MR) is 137 cm³/mol. The fourth-order valence-electron chi connectivity index (χ4n) is 5.25. The Morgan fingerprint density at radius 2 is 1.76 bits per heavy atom. The number of nitrogens with one attached hydrogen (secondary N) is 2. The summed E-state index contributed by atoms with van der Waals surface area (Å²) in [6, 6.07) is 9.80. The van der Waals surface area contributed by atoms with Crippen molar-refractivity contribution in [3.05, 3.63) is 82.2 Å². The van der Waals surface area contributed by atoms with E-state index in [4.69, 9.17) is 0 Å². The van der Waals surface area contributed by atoms with Gasteiger partial charge in [0.2, 0.25) is 5.91 Å². The largest absolute Gasteiger partial charge is 0.350 e. The number of imidazole rings is 1. The zero-order valence-electron chi connectivity index (χ0n) is 21.4. The van der Waals surface area contributed by atoms with Crippen LogP contribution in [0.3, 0.4) is 0 Å². The Morgan fingerprint density at radius 3 is 2.38 bits per heavy atom. The number of halogens is 1. The van der Waals surface area contributed by atoms with Crippen molar-refractivity contribution >= 4 is 23.4 Å². The monoisotopic (exact) mass is 503 g/mol. The molecule has 0 unspecified atom stereocenters. The highest BCUT2D eigenvalue weighted by atomic mass is 19.1. The van der Waals surface area contributed by atoms with Crippen molar-refractivity contribution in [1.82, 2.24) is 19.8 Å². The van der Waals surface area contributed by atoms with Crippen molar-refractivity contribution < 1.29 is 18.8 Å². The molecule has 0 saturated heterocycles. The van der Waals surface area contributed by atoms with E-state index in [0.717, 1.165) is 35.1 Å². The van der Waals surface area contributed by atoms with Crippen LogP contribution < -0.4 is 10.6 Å². The third kappa shape index (κ3) is 4.50. The molecule has 1 saturated carbocycles. The smallest absolute Gasteiger partial charge is 0.276 e. The predicted octanol–water partition coefficient (Wildman–Crippen LogP) is 3.89. The van der Waals surface area contributed by atoms with E-state index < -0.39 is 11.4 Å². The molecule has 1 fully saturated rings. The van der Waals surface area contributed by atoms with Crippen molar-refractivity contribution in [1.29, 1.82) is 0 Å². The second kappa shape index (κ2) is 9.14. The number of carbonyl (C=O) groups excluding carboxylic acids is 3. The first-order chi connectivity index (χ1) is 17.6. The van der Waals surface area contributed by atoms with Gasteiger partial charge < -0.3 is 20.1 Å². The molecule has 9 heteroatoms. The lowest BCUT2D eigenvalue weighted by atomic mass is 9.93. The Hall–Kier alpha value is -4.01. The molecule has 2 aliphatic rings. The van der Waals surface area contributed by atoms with Gasteiger partial charge >= 0.3 is 0 Å². The molecule has 1 aliphatic carbocycles. The molecule has 2 aromatic carbocycles. The summed E-state index contributed by atoms with van der Waals surface area (Å²) < 4.78 is 14.8. The van der Waals surface area contributed by atoms with E-state index in [2.05, 4.69) is 15.6 Å². The van der Waals surface area contributed by atoms with E-state index in [9.17, 15) is 18.8 Å². The summed E-state index contributed by atoms with van der Waals surface area (Å²) in [7, 11) is 0. The number of benzene rings is 2. The molecular weight excluding hydrogens is 473 g/mol. The highest BCUT2D eigenvalue weighted by Gasteiger charge is 2.53. The van der Waals surface area contributed by atoms with Gasteiger partial charge in [-0.3, -0.25) is 14.4 Å². The molecule has 5 rings (SSSR count). The number of aryl methyl sites for hydroxylation is 3. The number of hydrogen-bond donors (Lipinski definition) is 2. The van der Waals surface area contributed by atoms with Crippen LogP contribution in [-0.4, -0.2) is 43.8 Å². The minimum Gasteiger partial charge on any atom is -0.350 e. The lowest BCUT2D eigenvalue weighted by Crippen LogP contribution is -2.64. The van der Waals surface area contributed by atoms with E-state index in [1.165, 1.54) is 18.5 Å². The maximum Gasteiger partial charge on any atom is 0.276 e. The van der Waals surface area contributed by atoms with Gasteiger partial charge in [-0.25, -0.2) is 9.37 Å². The first kappa shape index (κ1) is 24.7. The van der Waals surface area contributed by atoms with Crippen molar-refractivity contribution in [2.24, 2.45) is 0 Å². The number of aromatic nitrogens is 2. The first-order valence-corrected chi connectivity index (χ1v) is 12.4. The summed E-state index contributed by atoms with van der Waals surface area (Å²) in [6.45, 7) is 7.96. The van der Waals surface area contributed by atoms with Crippen molar-refractivity contribution in [2.75, 3.05) is 5.32 Å². The van der Waals surface area contributed by atoms with Gasteiger partial charge in [0.15, 0.2) is 5.69 Å². The van der Waals surface area contributed by atoms with Crippen LogP contribution in [0.15, 0.2) is 42.7 Å². The van der Waals surface area contributed by atoms with Crippen LogP contribution in [0.2, 0.25) is 0 Å². The van der Waals surface area contributed by atoms with Crippen molar-refractivity contribution in [3.8, 4) is 0 Å². The minimum atomic E-state index is -1.16. The lowest BCUT2D eigenvalue weighted by molar-refractivity contribution is -0.133. The molecule has 192 valence electrons. The summed E-state index contributed by atoms with van der Waals surface area (Å²) in [6.07, 6.45) is 3.04. The quantitative estimate of drug-likeness (QED) is 0.533. The van der Waals surface area contributed by atoms with E-state index in [1.807, 2.05) is 32.9 Å². The van der Waals surface area contributed by atoms with E-state index in [-0.39, 0.29) is 48.2 Å². The standard InChI is InChI=1S/C28H30FN5O3/c1-16-11-17(2)22(18(3)12-16)32-25(35)23-24-26(36)34(21-9-10-21)28(4,14-33(24)15-31-23)27(37)30-13-19-5-7-20(29)8-6-19/h5-8,11-12,15,21H,9-10,13-14H2,1-4H3,(H,30,37)(H,32,35)/t28-/m0/s1. The van der Waals surface area contributed by atoms with Crippen LogP contribution in [0.5, 0.6) is 0 Å². The first-order valence-electron chi connectivity index (χ1n) is 12.4. The van der Waals surface area contributed by atoms with Gasteiger partial charge in [-0.2, -0.15) is 0 Å². The molecule has 37 heavy (non-hydrogen) atoms. The van der Waals surface area contributed by atoms with Crippen LogP contribution >= 0.6 is 0 Å². The fraction of sp³-hybridized carbons (Fsp3) is 0.357. The van der Waals surface area contributed by atoms with Crippen LogP contribution in [0.4, 0.5) is 10.1 Å². The third-order valence-electron chi connectivity index (χ3n) is 7.17. The summed E-state index contributed by atoms with van der Waals surface area (Å²) >= 11 is 0. The Labute approximate surface area is 214 Å². The number of hydrogen-bond acceptors (Lipinski definition) is 4. The van der Waals surface area contributed by atoms with Crippen molar-refractivity contribution in [2.45, 2.75) is 65.2 Å². The van der Waals surface area contributed by atoms with Gasteiger partial charge in [0.1, 0.15) is 17.1 Å². The topological polar surface area (TPSA) is 96.3 Å². The van der Waals surface area contributed by atoms with E-state index >= 15 is 0 Å². The Balaban J connectivity index is 1.41. The van der Waals surface area contributed by atoms with Gasteiger partial charge in [-0.05, 0) is 69.4 Å². The van der Waals surface area contributed by atoms with Crippen molar-refractivity contribution in [3.63, 3.8) is 0 Å². The molecule has 0 bridgehead atoms. The number of anilines is 1. The Bertz CT molecular complexity index is 1390. The third-order valence-corrected chi connectivity index (χ3v) is 7.17. The van der Waals surface area contributed by atoms with Gasteiger partial charge in [-0.1, -0.05) is 29.8 Å². The summed E-state index contributed by atoms with van der Waals surface area (Å²) in [5.74, 6) is -1.50. The molecule has 0 radical (unpaired) electrons. The molecule has 1 aliphatic heterocycles. The fourth-order valence-corrected chi connectivity index (χ4v) is 5.25. The van der Waals surface area contributed by atoms with Gasteiger partial charge in [0.25, 0.3) is 11.8 Å². The summed E-state index contributed by atoms with van der Waals surface area (Å²) in [5, 5.41) is 5.84. The maximum atomic E-state index is 13.8. The lowest BCUT2D eigenvalue weighted by Gasteiger charge is -2.44. The zero-order valence-corrected chi connectivity index (χ0v) is 21.4. The van der Waals surface area contributed by atoms with Gasteiger partial charge in [-0.15, -0.1) is 0 Å². The van der Waals surface area contributed by atoms with Crippen LogP contribution in [0, 0.1) is 26.6 Å². The van der Waals surface area contributed by atoms with E-state index in [1.54, 1.807) is 28.5 Å². The van der Waals surface area contributed by atoms with Gasteiger partial charge in [0.05, 0.1) is 12.9 Å². The average molecular weight is 504 g/mol. The SMILES string of the molecule is Cc1cc(C)c(NC(=O)c2ncn3c2C(=O)N(C2CC2)[C@](C)(C(=O)NCc2ccc(F)cc2)C3)c(C)c1. The molecule has 2 heterocycles. The van der Waals surface area contributed by atoms with Crippen LogP contribution in [0.25, 0.3) is 0 Å². The second-order valence-electron chi connectivity index (χ2n) is 10.3. The number of carbonyl (C=O) groups is 3. The number of rotatable bonds is 6. The summed E-state index contributed by atoms with van der Waals surface area (Å²) in [5.41, 5.74) is 3.47. The number of amides is 3. The zero-order chi connectivity index (χ0) is 26.5. The highest BCUT2D eigenvalue weighted by Crippen LogP contribution is 2.39. The molecule has 8 nitrogen and oxygen atoms in total. The minimum absolute atomic E-state index is 0.0452. The second-order valence-corrected chi connectivity index (χ2v) is 10.3. The normalized spacial score (nSPS) is 18.9. The van der Waals surface area contributed by atoms with Gasteiger partial charge in [0, 0.05) is 18.3 Å². The van der Waals surface area contributed by atoms with E-state index in [0.29, 0.717) is 5.69 Å². The number of fused-ring (bicyclic) bond motifs is 1. The number of nitrogens with zero attached hydrogens (tertiary/aromatic N) is 3. The maximum absolute atomic E-state index is 13.8. The summed E-state index contributed by atoms with van der Waals surface area (Å²) in [4.78, 5) is 46.5. The highest BCUT2D eigenvalue weighted by molar-refractivity contribution is 6.12.